The molecule has 20 heavy (non-hydrogen) atoms. The van der Waals surface area contributed by atoms with Crippen LogP contribution in [-0.2, 0) is 0 Å². The van der Waals surface area contributed by atoms with Crippen LogP contribution in [0, 0.1) is 0 Å². The van der Waals surface area contributed by atoms with E-state index >= 15 is 0 Å². The van der Waals surface area contributed by atoms with Gasteiger partial charge >= 0.3 is 0 Å². The average Bonchev–Trinajstić information content (AvgIpc) is 2.88. The number of hydrogen-bond acceptors (Lipinski definition) is 4. The summed E-state index contributed by atoms with van der Waals surface area (Å²) in [5, 5.41) is 10.4. The summed E-state index contributed by atoms with van der Waals surface area (Å²) < 4.78 is 1.04. The molecular formula is C13H13BrN4S2. The molecule has 4 nitrogen and oxygen atoms in total. The third-order valence-electron chi connectivity index (χ3n) is 2.29. The van der Waals surface area contributed by atoms with Gasteiger partial charge in [0.15, 0.2) is 5.11 Å². The first-order valence-electron chi connectivity index (χ1n) is 5.97. The second kappa shape index (κ2) is 7.47. The molecule has 0 aliphatic rings. The zero-order valence-electron chi connectivity index (χ0n) is 10.8. The summed E-state index contributed by atoms with van der Waals surface area (Å²) in [7, 11) is 0. The van der Waals surface area contributed by atoms with Gasteiger partial charge in [-0.1, -0.05) is 28.1 Å². The number of benzene rings is 1. The highest BCUT2D eigenvalue weighted by atomic mass is 79.9. The number of thiazole rings is 1. The predicted octanol–water partition coefficient (Wildman–Crippen LogP) is 3.39. The number of nitrogens with one attached hydrogen (secondary N) is 2. The monoisotopic (exact) mass is 368 g/mol. The van der Waals surface area contributed by atoms with E-state index in [4.69, 9.17) is 12.2 Å². The minimum atomic E-state index is 0.506. The Balaban J connectivity index is 2.02. The Labute approximate surface area is 135 Å². The van der Waals surface area contributed by atoms with Crippen LogP contribution in [0.15, 0.2) is 39.2 Å². The summed E-state index contributed by atoms with van der Waals surface area (Å²) in [4.78, 5) is 4.51. The van der Waals surface area contributed by atoms with Gasteiger partial charge in [-0.2, -0.15) is 5.10 Å². The van der Waals surface area contributed by atoms with E-state index in [1.807, 2.05) is 36.6 Å². The molecule has 1 heterocycles. The first-order valence-corrected chi connectivity index (χ1v) is 8.05. The maximum absolute atomic E-state index is 5.01. The third-order valence-corrected chi connectivity index (χ3v) is 3.93. The second-order valence-electron chi connectivity index (χ2n) is 3.82. The highest BCUT2D eigenvalue weighted by Crippen LogP contribution is 2.25. The Morgan fingerprint density at radius 1 is 1.55 bits per heavy atom. The van der Waals surface area contributed by atoms with Gasteiger partial charge in [-0.15, -0.1) is 11.3 Å². The van der Waals surface area contributed by atoms with E-state index in [0.717, 1.165) is 27.3 Å². The Bertz CT molecular complexity index is 624. The molecule has 1 aromatic heterocycles. The summed E-state index contributed by atoms with van der Waals surface area (Å²) >= 11 is 10.0. The van der Waals surface area contributed by atoms with Crippen molar-refractivity contribution in [3.63, 3.8) is 0 Å². The van der Waals surface area contributed by atoms with Crippen molar-refractivity contribution in [1.82, 2.24) is 15.7 Å². The normalized spacial score (nSPS) is 10.7. The molecule has 0 aliphatic carbocycles. The molecule has 0 unspecified atom stereocenters. The first-order chi connectivity index (χ1) is 9.69. The molecule has 0 radical (unpaired) electrons. The number of aromatic nitrogens is 1. The maximum Gasteiger partial charge on any atom is 0.186 e. The van der Waals surface area contributed by atoms with Gasteiger partial charge in [0.2, 0.25) is 0 Å². The molecule has 0 saturated carbocycles. The van der Waals surface area contributed by atoms with Crippen LogP contribution in [0.2, 0.25) is 0 Å². The number of hydrazone groups is 1. The Morgan fingerprint density at radius 3 is 3.15 bits per heavy atom. The molecule has 7 heteroatoms. The lowest BCUT2D eigenvalue weighted by atomic mass is 10.2. The van der Waals surface area contributed by atoms with Crippen LogP contribution in [-0.4, -0.2) is 22.9 Å². The van der Waals surface area contributed by atoms with Crippen molar-refractivity contribution in [2.45, 2.75) is 6.92 Å². The van der Waals surface area contributed by atoms with Crippen LogP contribution in [0.5, 0.6) is 0 Å². The predicted molar refractivity (Wildman–Crippen MR) is 92.3 cm³/mol. The first kappa shape index (κ1) is 15.1. The van der Waals surface area contributed by atoms with Crippen LogP contribution in [0.4, 0.5) is 0 Å². The van der Waals surface area contributed by atoms with Crippen molar-refractivity contribution >= 4 is 50.8 Å². The smallest absolute Gasteiger partial charge is 0.186 e. The van der Waals surface area contributed by atoms with Crippen LogP contribution < -0.4 is 10.7 Å². The Kier molecular flexibility index (Phi) is 5.63. The van der Waals surface area contributed by atoms with E-state index in [9.17, 15) is 0 Å². The lowest BCUT2D eigenvalue weighted by Crippen LogP contribution is -2.31. The van der Waals surface area contributed by atoms with Gasteiger partial charge in [-0.25, -0.2) is 4.98 Å². The molecule has 1 aromatic carbocycles. The zero-order chi connectivity index (χ0) is 14.4. The topological polar surface area (TPSA) is 49.3 Å². The minimum Gasteiger partial charge on any atom is -0.362 e. The summed E-state index contributed by atoms with van der Waals surface area (Å²) in [6.07, 6.45) is 1.65. The van der Waals surface area contributed by atoms with Crippen molar-refractivity contribution in [2.24, 2.45) is 5.10 Å². The maximum atomic E-state index is 5.01. The van der Waals surface area contributed by atoms with Gasteiger partial charge in [0, 0.05) is 22.0 Å². The number of rotatable bonds is 4. The van der Waals surface area contributed by atoms with Gasteiger partial charge in [0.05, 0.1) is 11.9 Å². The Hall–Kier alpha value is -1.31. The molecule has 0 aliphatic heterocycles. The van der Waals surface area contributed by atoms with Crippen LogP contribution in [0.3, 0.4) is 0 Å². The number of halogens is 1. The highest BCUT2D eigenvalue weighted by molar-refractivity contribution is 9.10. The van der Waals surface area contributed by atoms with E-state index in [1.54, 1.807) is 17.6 Å². The van der Waals surface area contributed by atoms with E-state index in [0.29, 0.717) is 5.11 Å². The molecule has 0 bridgehead atoms. The molecule has 2 aromatic rings. The SMILES string of the molecule is CCNC(=S)N/N=C\c1csc(-c2cccc(Br)c2)n1. The lowest BCUT2D eigenvalue weighted by Gasteiger charge is -2.01. The van der Waals surface area contributed by atoms with Crippen molar-refractivity contribution in [2.75, 3.05) is 6.54 Å². The summed E-state index contributed by atoms with van der Waals surface area (Å²) in [5.41, 5.74) is 4.62. The van der Waals surface area contributed by atoms with Gasteiger partial charge in [-0.05, 0) is 31.3 Å². The fourth-order valence-electron chi connectivity index (χ4n) is 1.46. The molecule has 0 amide bonds. The zero-order valence-corrected chi connectivity index (χ0v) is 14.0. The van der Waals surface area contributed by atoms with Gasteiger partial charge in [0.1, 0.15) is 5.01 Å². The Morgan fingerprint density at radius 2 is 2.40 bits per heavy atom. The van der Waals surface area contributed by atoms with Gasteiger partial charge in [0.25, 0.3) is 0 Å². The van der Waals surface area contributed by atoms with Gasteiger partial charge in [-0.3, -0.25) is 5.43 Å². The van der Waals surface area contributed by atoms with Gasteiger partial charge < -0.3 is 5.32 Å². The quantitative estimate of drug-likeness (QED) is 0.493. The number of hydrogen-bond donors (Lipinski definition) is 2. The van der Waals surface area contributed by atoms with Crippen LogP contribution in [0.1, 0.15) is 12.6 Å². The van der Waals surface area contributed by atoms with E-state index < -0.39 is 0 Å². The summed E-state index contributed by atoms with van der Waals surface area (Å²) in [6, 6.07) is 8.05. The molecule has 2 rings (SSSR count). The standard InChI is InChI=1S/C13H13BrN4S2/c1-2-15-13(19)18-16-7-11-8-20-12(17-11)9-4-3-5-10(14)6-9/h3-8H,2H2,1H3,(H2,15,18,19)/b16-7-. The largest absolute Gasteiger partial charge is 0.362 e. The summed E-state index contributed by atoms with van der Waals surface area (Å²) in [6.45, 7) is 2.74. The minimum absolute atomic E-state index is 0.506. The van der Waals surface area contributed by atoms with E-state index in [1.165, 1.54) is 0 Å². The number of nitrogens with zero attached hydrogens (tertiary/aromatic N) is 2. The third kappa shape index (κ3) is 4.36. The van der Waals surface area contributed by atoms with Crippen LogP contribution >= 0.6 is 39.5 Å². The fraction of sp³-hybridized carbons (Fsp3) is 0.154. The van der Waals surface area contributed by atoms with E-state index in [-0.39, 0.29) is 0 Å². The molecule has 0 fully saturated rings. The molecule has 2 N–H and O–H groups in total. The van der Waals surface area contributed by atoms with Crippen molar-refractivity contribution in [3.05, 3.63) is 39.8 Å². The lowest BCUT2D eigenvalue weighted by molar-refractivity contribution is 0.904. The summed E-state index contributed by atoms with van der Waals surface area (Å²) in [5.74, 6) is 0. The average molecular weight is 369 g/mol. The molecule has 104 valence electrons. The van der Waals surface area contributed by atoms with E-state index in [2.05, 4.69) is 36.8 Å². The van der Waals surface area contributed by atoms with Crippen LogP contribution in [0.25, 0.3) is 10.6 Å². The fourth-order valence-corrected chi connectivity index (χ4v) is 2.82. The molecule has 0 atom stereocenters. The second-order valence-corrected chi connectivity index (χ2v) is 6.00. The van der Waals surface area contributed by atoms with Crippen molar-refractivity contribution in [3.8, 4) is 10.6 Å². The van der Waals surface area contributed by atoms with Crippen molar-refractivity contribution < 1.29 is 0 Å². The molecule has 0 spiro atoms. The molecular weight excluding hydrogens is 356 g/mol. The number of thiocarbonyl (C=S) groups is 1. The highest BCUT2D eigenvalue weighted by Gasteiger charge is 2.03. The van der Waals surface area contributed by atoms with Crippen molar-refractivity contribution in [1.29, 1.82) is 0 Å². The molecule has 0 saturated heterocycles.